The van der Waals surface area contributed by atoms with E-state index < -0.39 is 0 Å². The number of fused-ring (bicyclic) bond motifs is 1. The van der Waals surface area contributed by atoms with Crippen LogP contribution in [0.2, 0.25) is 0 Å². The summed E-state index contributed by atoms with van der Waals surface area (Å²) < 4.78 is 7.62. The van der Waals surface area contributed by atoms with Gasteiger partial charge in [0.05, 0.1) is 11.1 Å². The molecule has 5 heteroatoms. The minimum atomic E-state index is 0.738. The van der Waals surface area contributed by atoms with Crippen molar-refractivity contribution in [2.75, 3.05) is 4.90 Å². The van der Waals surface area contributed by atoms with Gasteiger partial charge in [-0.25, -0.2) is 4.98 Å². The van der Waals surface area contributed by atoms with Crippen LogP contribution in [-0.4, -0.2) is 14.7 Å². The summed E-state index contributed by atoms with van der Waals surface area (Å²) in [5, 5.41) is 5.25. The fourth-order valence-corrected chi connectivity index (χ4v) is 4.04. The zero-order chi connectivity index (χ0) is 22.0. The number of aromatic nitrogens is 3. The van der Waals surface area contributed by atoms with Gasteiger partial charge in [-0.2, -0.15) is 0 Å². The van der Waals surface area contributed by atoms with Crippen LogP contribution < -0.4 is 4.90 Å². The van der Waals surface area contributed by atoms with Crippen molar-refractivity contribution in [3.63, 3.8) is 0 Å². The quantitative estimate of drug-likeness (QED) is 0.292. The molecule has 0 spiro atoms. The molecule has 33 heavy (non-hydrogen) atoms. The summed E-state index contributed by atoms with van der Waals surface area (Å²) in [5.74, 6) is 0.801. The van der Waals surface area contributed by atoms with Gasteiger partial charge in [0.2, 0.25) is 0 Å². The second kappa shape index (κ2) is 8.13. The molecule has 0 aliphatic carbocycles. The predicted molar refractivity (Wildman–Crippen MR) is 131 cm³/mol. The monoisotopic (exact) mass is 428 g/mol. The molecular weight excluding hydrogens is 408 g/mol. The summed E-state index contributed by atoms with van der Waals surface area (Å²) in [6.45, 7) is 0. The van der Waals surface area contributed by atoms with Crippen LogP contribution in [0.5, 0.6) is 0 Å². The largest absolute Gasteiger partial charge is 0.356 e. The zero-order valence-corrected chi connectivity index (χ0v) is 17.7. The molecule has 0 amide bonds. The average Bonchev–Trinajstić information content (AvgIpc) is 3.56. The Bertz CT molecular complexity index is 1520. The Kier molecular flexibility index (Phi) is 4.70. The maximum Gasteiger partial charge on any atom is 0.167 e. The summed E-state index contributed by atoms with van der Waals surface area (Å²) >= 11 is 0. The van der Waals surface area contributed by atoms with E-state index in [2.05, 4.69) is 51.0 Å². The number of hydrogen-bond donors (Lipinski definition) is 0. The van der Waals surface area contributed by atoms with Crippen LogP contribution in [0, 0.1) is 0 Å². The Morgan fingerprint density at radius 2 is 1.42 bits per heavy atom. The lowest BCUT2D eigenvalue weighted by Crippen LogP contribution is -2.12. The molecule has 0 saturated heterocycles. The molecule has 6 rings (SSSR count). The van der Waals surface area contributed by atoms with Crippen molar-refractivity contribution < 1.29 is 4.52 Å². The SMILES string of the molecule is c1ccc(N(c2cccc(-n3cccc3)c2)c2cccc(-c3noc4ccccc34)n2)cc1. The molecule has 6 aromatic rings. The third-order valence-corrected chi connectivity index (χ3v) is 5.59. The number of benzene rings is 3. The van der Waals surface area contributed by atoms with Gasteiger partial charge in [-0.15, -0.1) is 0 Å². The maximum atomic E-state index is 5.52. The molecule has 3 aromatic carbocycles. The van der Waals surface area contributed by atoms with E-state index in [0.29, 0.717) is 0 Å². The Balaban J connectivity index is 1.50. The van der Waals surface area contributed by atoms with Crippen molar-refractivity contribution in [3.8, 4) is 17.1 Å². The molecule has 0 aliphatic heterocycles. The van der Waals surface area contributed by atoms with E-state index in [1.54, 1.807) is 0 Å². The van der Waals surface area contributed by atoms with Gasteiger partial charge in [-0.05, 0) is 66.7 Å². The van der Waals surface area contributed by atoms with Gasteiger partial charge in [0.1, 0.15) is 11.5 Å². The molecular formula is C28H20N4O. The van der Waals surface area contributed by atoms with Crippen molar-refractivity contribution in [3.05, 3.63) is 122 Å². The molecule has 5 nitrogen and oxygen atoms in total. The molecule has 158 valence electrons. The van der Waals surface area contributed by atoms with Gasteiger partial charge in [-0.1, -0.05) is 47.6 Å². The molecule has 0 unspecified atom stereocenters. The lowest BCUT2D eigenvalue weighted by molar-refractivity contribution is 0.459. The highest BCUT2D eigenvalue weighted by Gasteiger charge is 2.17. The van der Waals surface area contributed by atoms with E-state index in [1.165, 1.54) is 0 Å². The van der Waals surface area contributed by atoms with Crippen molar-refractivity contribution in [1.29, 1.82) is 0 Å². The van der Waals surface area contributed by atoms with Gasteiger partial charge in [-0.3, -0.25) is 4.90 Å². The number of pyridine rings is 1. The van der Waals surface area contributed by atoms with Crippen LogP contribution >= 0.6 is 0 Å². The van der Waals surface area contributed by atoms with Crippen LogP contribution in [0.4, 0.5) is 17.2 Å². The fraction of sp³-hybridized carbons (Fsp3) is 0. The Morgan fingerprint density at radius 3 is 2.30 bits per heavy atom. The molecule has 0 aliphatic rings. The van der Waals surface area contributed by atoms with Crippen LogP contribution in [-0.2, 0) is 0 Å². The molecule has 0 fully saturated rings. The molecule has 0 atom stereocenters. The third-order valence-electron chi connectivity index (χ3n) is 5.59. The third kappa shape index (κ3) is 3.55. The van der Waals surface area contributed by atoms with Crippen LogP contribution in [0.3, 0.4) is 0 Å². The Morgan fingerprint density at radius 1 is 0.667 bits per heavy atom. The zero-order valence-electron chi connectivity index (χ0n) is 17.7. The van der Waals surface area contributed by atoms with Gasteiger partial charge in [0, 0.05) is 29.5 Å². The second-order valence-electron chi connectivity index (χ2n) is 7.69. The topological polar surface area (TPSA) is 47.1 Å². The molecule has 0 radical (unpaired) electrons. The number of nitrogens with zero attached hydrogens (tertiary/aromatic N) is 4. The van der Waals surface area contributed by atoms with E-state index in [-0.39, 0.29) is 0 Å². The normalized spacial score (nSPS) is 11.0. The molecule has 0 N–H and O–H groups in total. The van der Waals surface area contributed by atoms with E-state index in [9.17, 15) is 0 Å². The lowest BCUT2D eigenvalue weighted by Gasteiger charge is -2.25. The van der Waals surface area contributed by atoms with Crippen LogP contribution in [0.1, 0.15) is 0 Å². The summed E-state index contributed by atoms with van der Waals surface area (Å²) in [6.07, 6.45) is 4.08. The van der Waals surface area contributed by atoms with E-state index in [1.807, 2.05) is 85.2 Å². The van der Waals surface area contributed by atoms with Crippen molar-refractivity contribution >= 4 is 28.2 Å². The number of rotatable bonds is 5. The molecule has 0 saturated carbocycles. The molecule has 3 aromatic heterocycles. The number of anilines is 3. The van der Waals surface area contributed by atoms with Gasteiger partial charge >= 0.3 is 0 Å². The predicted octanol–water partition coefficient (Wildman–Crippen LogP) is 7.15. The average molecular weight is 428 g/mol. The van der Waals surface area contributed by atoms with E-state index >= 15 is 0 Å². The maximum absolute atomic E-state index is 5.52. The van der Waals surface area contributed by atoms with Crippen molar-refractivity contribution in [2.24, 2.45) is 0 Å². The van der Waals surface area contributed by atoms with Crippen molar-refractivity contribution in [1.82, 2.24) is 14.7 Å². The number of para-hydroxylation sites is 2. The smallest absolute Gasteiger partial charge is 0.167 e. The highest BCUT2D eigenvalue weighted by atomic mass is 16.5. The first-order valence-electron chi connectivity index (χ1n) is 10.8. The Hall–Kier alpha value is -4.64. The summed E-state index contributed by atoms with van der Waals surface area (Å²) in [6, 6.07) is 36.6. The summed E-state index contributed by atoms with van der Waals surface area (Å²) in [7, 11) is 0. The lowest BCUT2D eigenvalue weighted by atomic mass is 10.1. The summed E-state index contributed by atoms with van der Waals surface area (Å²) in [5.41, 5.74) is 5.37. The van der Waals surface area contributed by atoms with Gasteiger partial charge in [0.15, 0.2) is 5.58 Å². The minimum absolute atomic E-state index is 0.738. The standard InChI is InChI=1S/C28H20N4O/c1-2-10-21(11-3-1)32(23-13-8-12-22(20-23)31-18-6-7-19-31)27-17-9-15-25(29-27)28-24-14-4-5-16-26(24)33-30-28/h1-20H. The van der Waals surface area contributed by atoms with Crippen molar-refractivity contribution in [2.45, 2.75) is 0 Å². The second-order valence-corrected chi connectivity index (χ2v) is 7.69. The highest BCUT2D eigenvalue weighted by molar-refractivity contribution is 5.90. The van der Waals surface area contributed by atoms with Crippen LogP contribution in [0.15, 0.2) is 126 Å². The van der Waals surface area contributed by atoms with Crippen LogP contribution in [0.25, 0.3) is 28.0 Å². The molecule has 0 bridgehead atoms. The first-order valence-corrected chi connectivity index (χ1v) is 10.8. The summed E-state index contributed by atoms with van der Waals surface area (Å²) in [4.78, 5) is 7.16. The Labute approximate surface area is 191 Å². The fourth-order valence-electron chi connectivity index (χ4n) is 4.04. The van der Waals surface area contributed by atoms with Gasteiger partial charge < -0.3 is 9.09 Å². The van der Waals surface area contributed by atoms with E-state index in [4.69, 9.17) is 9.51 Å². The minimum Gasteiger partial charge on any atom is -0.356 e. The first-order chi connectivity index (χ1) is 16.4. The van der Waals surface area contributed by atoms with Gasteiger partial charge in [0.25, 0.3) is 0 Å². The van der Waals surface area contributed by atoms with E-state index in [0.717, 1.165) is 45.2 Å². The molecule has 3 heterocycles. The number of hydrogen-bond acceptors (Lipinski definition) is 4. The highest BCUT2D eigenvalue weighted by Crippen LogP contribution is 2.36. The first kappa shape index (κ1) is 19.1.